The molecule has 1 N–H and O–H groups in total. The minimum Gasteiger partial charge on any atom is -0.478 e. The summed E-state index contributed by atoms with van der Waals surface area (Å²) in [5.74, 6) is -0.171. The number of carbonyl (C=O) groups is 1. The molecule has 0 saturated heterocycles. The van der Waals surface area contributed by atoms with Gasteiger partial charge in [0.15, 0.2) is 0 Å². The topological polar surface area (TPSA) is 64.3 Å². The van der Waals surface area contributed by atoms with Crippen LogP contribution in [-0.2, 0) is 7.05 Å². The van der Waals surface area contributed by atoms with Crippen molar-refractivity contribution in [2.75, 3.05) is 0 Å². The molecule has 1 aromatic heterocycles. The van der Waals surface area contributed by atoms with Crippen LogP contribution in [0.15, 0.2) is 24.3 Å². The summed E-state index contributed by atoms with van der Waals surface area (Å²) < 4.78 is 7.20. The third-order valence-corrected chi connectivity index (χ3v) is 2.54. The molecule has 0 saturated carbocycles. The van der Waals surface area contributed by atoms with Gasteiger partial charge in [-0.05, 0) is 31.5 Å². The van der Waals surface area contributed by atoms with E-state index in [0.29, 0.717) is 11.6 Å². The van der Waals surface area contributed by atoms with Crippen LogP contribution in [0.1, 0.15) is 21.6 Å². The number of rotatable bonds is 3. The summed E-state index contributed by atoms with van der Waals surface area (Å²) in [4.78, 5) is 11.1. The van der Waals surface area contributed by atoms with Crippen LogP contribution in [0.3, 0.4) is 0 Å². The molecule has 0 spiro atoms. The fraction of sp³-hybridized carbons (Fsp3) is 0.231. The molecular weight excluding hydrogens is 232 g/mol. The fourth-order valence-electron chi connectivity index (χ4n) is 1.69. The molecule has 94 valence electrons. The molecule has 1 aromatic carbocycles. The van der Waals surface area contributed by atoms with Gasteiger partial charge >= 0.3 is 5.97 Å². The Bertz CT molecular complexity index is 602. The maximum Gasteiger partial charge on any atom is 0.339 e. The van der Waals surface area contributed by atoms with Crippen LogP contribution in [0.25, 0.3) is 0 Å². The van der Waals surface area contributed by atoms with Gasteiger partial charge in [-0.15, -0.1) is 0 Å². The average Bonchev–Trinajstić information content (AvgIpc) is 2.57. The number of carboxylic acids is 1. The first kappa shape index (κ1) is 12.2. The molecule has 0 bridgehead atoms. The molecule has 0 atom stereocenters. The number of carboxylic acid groups (broad SMARTS) is 1. The summed E-state index contributed by atoms with van der Waals surface area (Å²) in [7, 11) is 1.75. The number of aromatic nitrogens is 2. The van der Waals surface area contributed by atoms with Crippen LogP contribution in [0.4, 0.5) is 0 Å². The lowest BCUT2D eigenvalue weighted by molar-refractivity contribution is 0.0694. The van der Waals surface area contributed by atoms with E-state index in [0.717, 1.165) is 11.3 Å². The van der Waals surface area contributed by atoms with Crippen molar-refractivity contribution in [3.63, 3.8) is 0 Å². The van der Waals surface area contributed by atoms with E-state index in [1.54, 1.807) is 29.9 Å². The quantitative estimate of drug-likeness (QED) is 0.903. The van der Waals surface area contributed by atoms with Crippen LogP contribution in [0, 0.1) is 13.8 Å². The van der Waals surface area contributed by atoms with Crippen molar-refractivity contribution in [2.45, 2.75) is 13.8 Å². The van der Waals surface area contributed by atoms with Crippen LogP contribution in [0.5, 0.6) is 11.6 Å². The van der Waals surface area contributed by atoms with Crippen molar-refractivity contribution in [2.24, 2.45) is 7.05 Å². The highest BCUT2D eigenvalue weighted by molar-refractivity contribution is 5.91. The first-order valence-corrected chi connectivity index (χ1v) is 5.50. The lowest BCUT2D eigenvalue weighted by atomic mass is 10.1. The number of hydrogen-bond acceptors (Lipinski definition) is 3. The second-order valence-electron chi connectivity index (χ2n) is 4.15. The molecule has 2 aromatic rings. The van der Waals surface area contributed by atoms with Gasteiger partial charge < -0.3 is 9.84 Å². The Morgan fingerprint density at radius 3 is 2.61 bits per heavy atom. The van der Waals surface area contributed by atoms with Crippen molar-refractivity contribution in [1.29, 1.82) is 0 Å². The molecule has 2 rings (SSSR count). The first-order chi connectivity index (χ1) is 8.47. The molecule has 0 fully saturated rings. The fourth-order valence-corrected chi connectivity index (χ4v) is 1.69. The van der Waals surface area contributed by atoms with E-state index in [4.69, 9.17) is 9.84 Å². The second kappa shape index (κ2) is 4.52. The lowest BCUT2D eigenvalue weighted by Crippen LogP contribution is -2.02. The van der Waals surface area contributed by atoms with E-state index < -0.39 is 5.97 Å². The number of hydrogen-bond donors (Lipinski definition) is 1. The Kier molecular flexibility index (Phi) is 3.06. The predicted octanol–water partition coefficient (Wildman–Crippen LogP) is 2.53. The van der Waals surface area contributed by atoms with Crippen LogP contribution in [0.2, 0.25) is 0 Å². The summed E-state index contributed by atoms with van der Waals surface area (Å²) >= 11 is 0. The molecule has 5 nitrogen and oxygen atoms in total. The smallest absolute Gasteiger partial charge is 0.339 e. The lowest BCUT2D eigenvalue weighted by Gasteiger charge is -2.09. The molecule has 0 aliphatic heterocycles. The zero-order valence-corrected chi connectivity index (χ0v) is 10.5. The van der Waals surface area contributed by atoms with Crippen LogP contribution >= 0.6 is 0 Å². The molecule has 0 unspecified atom stereocenters. The van der Waals surface area contributed by atoms with E-state index in [9.17, 15) is 4.79 Å². The number of benzene rings is 1. The summed E-state index contributed by atoms with van der Waals surface area (Å²) in [5.41, 5.74) is 1.89. The van der Waals surface area contributed by atoms with Gasteiger partial charge in [0.05, 0.1) is 5.69 Å². The summed E-state index contributed by atoms with van der Waals surface area (Å²) in [5, 5.41) is 13.3. The first-order valence-electron chi connectivity index (χ1n) is 5.50. The monoisotopic (exact) mass is 246 g/mol. The number of nitrogens with zero attached hydrogens (tertiary/aromatic N) is 2. The van der Waals surface area contributed by atoms with Gasteiger partial charge in [-0.2, -0.15) is 5.10 Å². The van der Waals surface area contributed by atoms with Gasteiger partial charge in [-0.3, -0.25) is 0 Å². The summed E-state index contributed by atoms with van der Waals surface area (Å²) in [6.07, 6.45) is 0. The van der Waals surface area contributed by atoms with Gasteiger partial charge in [0.2, 0.25) is 5.88 Å². The van der Waals surface area contributed by atoms with E-state index >= 15 is 0 Å². The average molecular weight is 246 g/mol. The minimum absolute atomic E-state index is 0.138. The number of ether oxygens (including phenoxy) is 1. The van der Waals surface area contributed by atoms with Gasteiger partial charge in [0.25, 0.3) is 0 Å². The van der Waals surface area contributed by atoms with Gasteiger partial charge in [-0.1, -0.05) is 6.07 Å². The third-order valence-electron chi connectivity index (χ3n) is 2.54. The van der Waals surface area contributed by atoms with Crippen molar-refractivity contribution >= 4 is 5.97 Å². The van der Waals surface area contributed by atoms with E-state index in [1.807, 2.05) is 13.8 Å². The molecular formula is C13H14N2O3. The van der Waals surface area contributed by atoms with Crippen molar-refractivity contribution < 1.29 is 14.6 Å². The van der Waals surface area contributed by atoms with Gasteiger partial charge in [0.1, 0.15) is 11.3 Å². The van der Waals surface area contributed by atoms with Crippen molar-refractivity contribution in [1.82, 2.24) is 9.78 Å². The third kappa shape index (κ3) is 2.34. The Hall–Kier alpha value is -2.30. The number of aromatic carboxylic acids is 1. The molecule has 0 amide bonds. The zero-order chi connectivity index (χ0) is 13.3. The largest absolute Gasteiger partial charge is 0.478 e. The highest BCUT2D eigenvalue weighted by Crippen LogP contribution is 2.26. The van der Waals surface area contributed by atoms with E-state index in [-0.39, 0.29) is 5.56 Å². The summed E-state index contributed by atoms with van der Waals surface area (Å²) in [6.45, 7) is 3.73. The summed E-state index contributed by atoms with van der Waals surface area (Å²) in [6, 6.07) is 6.74. The molecule has 5 heteroatoms. The maximum atomic E-state index is 11.1. The van der Waals surface area contributed by atoms with Crippen molar-refractivity contribution in [3.05, 3.63) is 41.1 Å². The molecule has 0 aliphatic carbocycles. The maximum absolute atomic E-state index is 11.1. The van der Waals surface area contributed by atoms with Crippen LogP contribution in [-0.4, -0.2) is 20.9 Å². The Balaban J connectivity index is 2.42. The SMILES string of the molecule is Cc1ccc(C(=O)O)c(Oc2cc(C)nn2C)c1. The second-order valence-corrected chi connectivity index (χ2v) is 4.15. The zero-order valence-electron chi connectivity index (χ0n) is 10.5. The Morgan fingerprint density at radius 1 is 1.33 bits per heavy atom. The minimum atomic E-state index is -1.01. The van der Waals surface area contributed by atoms with Crippen LogP contribution < -0.4 is 4.74 Å². The van der Waals surface area contributed by atoms with E-state index in [2.05, 4.69) is 5.10 Å². The molecule has 1 heterocycles. The highest BCUT2D eigenvalue weighted by atomic mass is 16.5. The predicted molar refractivity (Wildman–Crippen MR) is 66.2 cm³/mol. The standard InChI is InChI=1S/C13H14N2O3/c1-8-4-5-10(13(16)17)11(6-8)18-12-7-9(2)14-15(12)3/h4-7H,1-3H3,(H,16,17). The highest BCUT2D eigenvalue weighted by Gasteiger charge is 2.14. The normalized spacial score (nSPS) is 10.4. The van der Waals surface area contributed by atoms with Gasteiger partial charge in [-0.25, -0.2) is 9.48 Å². The van der Waals surface area contributed by atoms with Gasteiger partial charge in [0, 0.05) is 13.1 Å². The molecule has 0 aliphatic rings. The Morgan fingerprint density at radius 2 is 2.06 bits per heavy atom. The Labute approximate surface area is 105 Å². The number of aryl methyl sites for hydroxylation is 3. The molecule has 0 radical (unpaired) electrons. The van der Waals surface area contributed by atoms with Crippen molar-refractivity contribution in [3.8, 4) is 11.6 Å². The molecule has 18 heavy (non-hydrogen) atoms. The van der Waals surface area contributed by atoms with E-state index in [1.165, 1.54) is 6.07 Å².